The summed E-state index contributed by atoms with van der Waals surface area (Å²) in [5.41, 5.74) is 7.90. The fourth-order valence-electron chi connectivity index (χ4n) is 3.59. The van der Waals surface area contributed by atoms with E-state index in [1.165, 1.54) is 0 Å². The van der Waals surface area contributed by atoms with Crippen molar-refractivity contribution in [1.82, 2.24) is 16.2 Å². The molecule has 216 valence electrons. The molecule has 3 aromatic carbocycles. The van der Waals surface area contributed by atoms with Crippen LogP contribution >= 0.6 is 28.1 Å². The molecule has 0 saturated carbocycles. The predicted molar refractivity (Wildman–Crippen MR) is 169 cm³/mol. The Kier molecular flexibility index (Phi) is 11.0. The van der Waals surface area contributed by atoms with Gasteiger partial charge in [-0.2, -0.15) is 0 Å². The Bertz CT molecular complexity index is 1400. The number of amides is 3. The standard InChI is InChI=1S/C31H35BrN4O4S/c1-19(2)16-17-40-26-15-10-22(18-25(26)32)28(38)34-30(41)36-35-29(39)21-8-13-24(14-9-21)33-27(37)20-6-11-23(12-7-20)31(3,4)5/h6-15,18-19H,16-17H2,1-5H3,(H,33,37)(H,35,39)(H2,34,36,38,41). The Hall–Kier alpha value is -3.76. The second kappa shape index (κ2) is 14.2. The summed E-state index contributed by atoms with van der Waals surface area (Å²) in [6, 6.07) is 18.9. The highest BCUT2D eigenvalue weighted by molar-refractivity contribution is 9.10. The summed E-state index contributed by atoms with van der Waals surface area (Å²) >= 11 is 8.57. The SMILES string of the molecule is CC(C)CCOc1ccc(C(=O)NC(=S)NNC(=O)c2ccc(NC(=O)c3ccc(C(C)(C)C)cc3)cc2)cc1Br. The third-order valence-electron chi connectivity index (χ3n) is 6.08. The van der Waals surface area contributed by atoms with Gasteiger partial charge >= 0.3 is 0 Å². The van der Waals surface area contributed by atoms with Gasteiger partial charge in [0.05, 0.1) is 11.1 Å². The van der Waals surface area contributed by atoms with Crippen molar-refractivity contribution in [3.05, 3.63) is 93.5 Å². The summed E-state index contributed by atoms with van der Waals surface area (Å²) in [5.74, 6) is 0.0193. The molecule has 3 amide bonds. The topological polar surface area (TPSA) is 109 Å². The quantitative estimate of drug-likeness (QED) is 0.169. The van der Waals surface area contributed by atoms with E-state index in [1.807, 2.05) is 12.1 Å². The van der Waals surface area contributed by atoms with E-state index in [0.29, 0.717) is 45.1 Å². The second-order valence-electron chi connectivity index (χ2n) is 10.9. The lowest BCUT2D eigenvalue weighted by Crippen LogP contribution is -2.48. The van der Waals surface area contributed by atoms with Crippen LogP contribution in [0.25, 0.3) is 0 Å². The fraction of sp³-hybridized carbons (Fsp3) is 0.290. The van der Waals surface area contributed by atoms with Crippen molar-refractivity contribution in [2.45, 2.75) is 46.5 Å². The van der Waals surface area contributed by atoms with Crippen LogP contribution in [0.2, 0.25) is 0 Å². The normalized spacial score (nSPS) is 11.0. The number of rotatable bonds is 8. The highest BCUT2D eigenvalue weighted by Gasteiger charge is 2.15. The Morgan fingerprint density at radius 3 is 2.00 bits per heavy atom. The van der Waals surface area contributed by atoms with Gasteiger partial charge in [-0.15, -0.1) is 0 Å². The first-order valence-corrected chi connectivity index (χ1v) is 14.4. The van der Waals surface area contributed by atoms with E-state index in [-0.39, 0.29) is 16.4 Å². The molecule has 0 radical (unpaired) electrons. The number of thiocarbonyl (C=S) groups is 1. The molecule has 0 saturated heterocycles. The molecule has 0 aromatic heterocycles. The van der Waals surface area contributed by atoms with Crippen molar-refractivity contribution < 1.29 is 19.1 Å². The van der Waals surface area contributed by atoms with Gasteiger partial charge < -0.3 is 10.1 Å². The van der Waals surface area contributed by atoms with Gasteiger partial charge in [0.1, 0.15) is 5.75 Å². The van der Waals surface area contributed by atoms with Gasteiger partial charge in [0, 0.05) is 22.4 Å². The summed E-state index contributed by atoms with van der Waals surface area (Å²) in [6.07, 6.45) is 0.925. The molecule has 0 aliphatic heterocycles. The summed E-state index contributed by atoms with van der Waals surface area (Å²) in [5, 5.41) is 5.28. The van der Waals surface area contributed by atoms with Crippen LogP contribution in [0.5, 0.6) is 5.75 Å². The first kappa shape index (κ1) is 31.8. The molecule has 3 aromatic rings. The van der Waals surface area contributed by atoms with E-state index < -0.39 is 11.8 Å². The van der Waals surface area contributed by atoms with Crippen molar-refractivity contribution in [2.24, 2.45) is 5.92 Å². The maximum Gasteiger partial charge on any atom is 0.269 e. The number of ether oxygens (including phenoxy) is 1. The first-order valence-electron chi connectivity index (χ1n) is 13.2. The Morgan fingerprint density at radius 1 is 0.829 bits per heavy atom. The van der Waals surface area contributed by atoms with Crippen molar-refractivity contribution in [1.29, 1.82) is 0 Å². The van der Waals surface area contributed by atoms with Crippen LogP contribution in [-0.4, -0.2) is 29.4 Å². The number of carbonyl (C=O) groups is 3. The molecule has 0 heterocycles. The summed E-state index contributed by atoms with van der Waals surface area (Å²) in [7, 11) is 0. The summed E-state index contributed by atoms with van der Waals surface area (Å²) in [4.78, 5) is 37.7. The third kappa shape index (κ3) is 9.68. The number of nitrogens with one attached hydrogen (secondary N) is 4. The first-order chi connectivity index (χ1) is 19.3. The van der Waals surface area contributed by atoms with Gasteiger partial charge in [-0.3, -0.25) is 30.6 Å². The van der Waals surface area contributed by atoms with E-state index >= 15 is 0 Å². The van der Waals surface area contributed by atoms with Crippen LogP contribution in [0.15, 0.2) is 71.2 Å². The largest absolute Gasteiger partial charge is 0.492 e. The Morgan fingerprint density at radius 2 is 1.41 bits per heavy atom. The lowest BCUT2D eigenvalue weighted by atomic mass is 9.87. The number of hydrazine groups is 1. The summed E-state index contributed by atoms with van der Waals surface area (Å²) < 4.78 is 6.40. The number of hydrogen-bond donors (Lipinski definition) is 4. The maximum atomic E-state index is 12.6. The number of halogens is 1. The molecule has 0 unspecified atom stereocenters. The van der Waals surface area contributed by atoms with Gasteiger partial charge in [-0.25, -0.2) is 0 Å². The van der Waals surface area contributed by atoms with E-state index in [1.54, 1.807) is 54.6 Å². The van der Waals surface area contributed by atoms with Crippen LogP contribution in [0.3, 0.4) is 0 Å². The maximum absolute atomic E-state index is 12.6. The Balaban J connectivity index is 1.47. The molecule has 0 spiro atoms. The fourth-order valence-corrected chi connectivity index (χ4v) is 4.22. The average Bonchev–Trinajstić information content (AvgIpc) is 2.92. The average molecular weight is 640 g/mol. The molecule has 3 rings (SSSR count). The van der Waals surface area contributed by atoms with Crippen molar-refractivity contribution >= 4 is 56.7 Å². The van der Waals surface area contributed by atoms with Crippen LogP contribution in [0, 0.1) is 5.92 Å². The number of carbonyl (C=O) groups excluding carboxylic acids is 3. The molecule has 10 heteroatoms. The van der Waals surface area contributed by atoms with Crippen LogP contribution in [-0.2, 0) is 5.41 Å². The van der Waals surface area contributed by atoms with Crippen molar-refractivity contribution in [3.8, 4) is 5.75 Å². The van der Waals surface area contributed by atoms with Gasteiger partial charge in [-0.05, 0) is 106 Å². The lowest BCUT2D eigenvalue weighted by molar-refractivity contribution is 0.0934. The van der Waals surface area contributed by atoms with Crippen LogP contribution in [0.1, 0.15) is 77.7 Å². The zero-order valence-corrected chi connectivity index (χ0v) is 26.2. The molecule has 8 nitrogen and oxygen atoms in total. The number of benzene rings is 3. The zero-order valence-electron chi connectivity index (χ0n) is 23.8. The number of hydrogen-bond acceptors (Lipinski definition) is 5. The van der Waals surface area contributed by atoms with Gasteiger partial charge in [0.25, 0.3) is 17.7 Å². The monoisotopic (exact) mass is 638 g/mol. The molecule has 4 N–H and O–H groups in total. The van der Waals surface area contributed by atoms with Gasteiger partial charge in [-0.1, -0.05) is 46.8 Å². The molecule has 0 aliphatic carbocycles. The van der Waals surface area contributed by atoms with Crippen molar-refractivity contribution in [3.63, 3.8) is 0 Å². The minimum Gasteiger partial charge on any atom is -0.492 e. The molecule has 41 heavy (non-hydrogen) atoms. The van der Waals surface area contributed by atoms with E-state index in [0.717, 1.165) is 12.0 Å². The number of anilines is 1. The highest BCUT2D eigenvalue weighted by Crippen LogP contribution is 2.26. The lowest BCUT2D eigenvalue weighted by Gasteiger charge is -2.19. The molecule has 0 fully saturated rings. The summed E-state index contributed by atoms with van der Waals surface area (Å²) in [6.45, 7) is 11.2. The van der Waals surface area contributed by atoms with Crippen molar-refractivity contribution in [2.75, 3.05) is 11.9 Å². The zero-order chi connectivity index (χ0) is 30.2. The smallest absolute Gasteiger partial charge is 0.269 e. The van der Waals surface area contributed by atoms with Gasteiger partial charge in [0.2, 0.25) is 0 Å². The van der Waals surface area contributed by atoms with Gasteiger partial charge in [0.15, 0.2) is 5.11 Å². The predicted octanol–water partition coefficient (Wildman–Crippen LogP) is 6.37. The minimum atomic E-state index is -0.470. The molecule has 0 aliphatic rings. The second-order valence-corrected chi connectivity index (χ2v) is 12.2. The highest BCUT2D eigenvalue weighted by atomic mass is 79.9. The van der Waals surface area contributed by atoms with E-state index in [9.17, 15) is 14.4 Å². The third-order valence-corrected chi connectivity index (χ3v) is 6.91. The minimum absolute atomic E-state index is 0.00168. The molecular weight excluding hydrogens is 604 g/mol. The molecular formula is C31H35BrN4O4S. The molecule has 0 atom stereocenters. The van der Waals surface area contributed by atoms with Crippen LogP contribution in [0.4, 0.5) is 5.69 Å². The van der Waals surface area contributed by atoms with Crippen LogP contribution < -0.4 is 26.2 Å². The van der Waals surface area contributed by atoms with E-state index in [4.69, 9.17) is 17.0 Å². The Labute approximate surface area is 254 Å². The molecule has 0 bridgehead atoms. The van der Waals surface area contributed by atoms with E-state index in [2.05, 4.69) is 72.0 Å².